The molecular weight excluding hydrogens is 277 g/mol. The molecule has 0 aliphatic heterocycles. The molecule has 0 radical (unpaired) electrons. The zero-order valence-electron chi connectivity index (χ0n) is 10.5. The summed E-state index contributed by atoms with van der Waals surface area (Å²) in [5.74, 6) is 0.480. The Labute approximate surface area is 120 Å². The van der Waals surface area contributed by atoms with Crippen LogP contribution in [0.1, 0.15) is 5.56 Å². The van der Waals surface area contributed by atoms with Crippen LogP contribution in [-0.4, -0.2) is 4.98 Å². The van der Waals surface area contributed by atoms with Gasteiger partial charge in [0.15, 0.2) is 0 Å². The highest BCUT2D eigenvalue weighted by Crippen LogP contribution is 2.26. The Balaban J connectivity index is 1.85. The van der Waals surface area contributed by atoms with Gasteiger partial charge in [0.05, 0.1) is 5.52 Å². The minimum atomic E-state index is -0.252. The van der Waals surface area contributed by atoms with Gasteiger partial charge in [0.1, 0.15) is 23.3 Å². The van der Waals surface area contributed by atoms with E-state index in [1.54, 1.807) is 18.2 Å². The molecule has 0 saturated carbocycles. The largest absolute Gasteiger partial charge is 0.488 e. The first-order valence-electron chi connectivity index (χ1n) is 6.15. The van der Waals surface area contributed by atoms with Gasteiger partial charge < -0.3 is 4.74 Å². The van der Waals surface area contributed by atoms with Gasteiger partial charge in [-0.2, -0.15) is 0 Å². The van der Waals surface area contributed by atoms with E-state index in [1.807, 2.05) is 24.3 Å². The molecule has 0 bridgehead atoms. The molecule has 0 aliphatic carbocycles. The highest BCUT2D eigenvalue weighted by Gasteiger charge is 2.04. The van der Waals surface area contributed by atoms with Crippen molar-refractivity contribution in [2.75, 3.05) is 0 Å². The molecule has 100 valence electrons. The number of pyridine rings is 1. The van der Waals surface area contributed by atoms with Crippen molar-refractivity contribution in [3.05, 3.63) is 71.1 Å². The van der Waals surface area contributed by atoms with Gasteiger partial charge >= 0.3 is 0 Å². The molecule has 0 aliphatic rings. The number of benzene rings is 2. The van der Waals surface area contributed by atoms with Crippen LogP contribution in [0.2, 0.25) is 5.15 Å². The van der Waals surface area contributed by atoms with Gasteiger partial charge in [0.2, 0.25) is 0 Å². The smallest absolute Gasteiger partial charge is 0.129 e. The molecule has 0 unspecified atom stereocenters. The first-order chi connectivity index (χ1) is 9.72. The van der Waals surface area contributed by atoms with Gasteiger partial charge in [-0.15, -0.1) is 0 Å². The third-order valence-electron chi connectivity index (χ3n) is 2.97. The minimum Gasteiger partial charge on any atom is -0.488 e. The molecule has 3 rings (SSSR count). The van der Waals surface area contributed by atoms with Crippen molar-refractivity contribution < 1.29 is 9.13 Å². The molecule has 1 heterocycles. The second kappa shape index (κ2) is 5.47. The van der Waals surface area contributed by atoms with E-state index in [2.05, 4.69) is 4.98 Å². The lowest BCUT2D eigenvalue weighted by atomic mass is 10.2. The van der Waals surface area contributed by atoms with Gasteiger partial charge in [-0.05, 0) is 42.0 Å². The van der Waals surface area contributed by atoms with Crippen molar-refractivity contribution in [1.82, 2.24) is 4.98 Å². The molecule has 0 fully saturated rings. The van der Waals surface area contributed by atoms with E-state index >= 15 is 0 Å². The molecule has 3 aromatic rings. The number of aromatic nitrogens is 1. The van der Waals surface area contributed by atoms with Crippen LogP contribution < -0.4 is 4.74 Å². The van der Waals surface area contributed by atoms with Crippen LogP contribution >= 0.6 is 11.6 Å². The lowest BCUT2D eigenvalue weighted by molar-refractivity contribution is 0.310. The highest BCUT2D eigenvalue weighted by atomic mass is 35.5. The Kier molecular flexibility index (Phi) is 3.52. The summed E-state index contributed by atoms with van der Waals surface area (Å²) < 4.78 is 18.6. The van der Waals surface area contributed by atoms with Crippen molar-refractivity contribution in [2.45, 2.75) is 6.61 Å². The van der Waals surface area contributed by atoms with E-state index in [1.165, 1.54) is 12.1 Å². The molecule has 0 saturated heterocycles. The van der Waals surface area contributed by atoms with Crippen molar-refractivity contribution in [3.63, 3.8) is 0 Å². The Hall–Kier alpha value is -2.13. The number of hydrogen-bond donors (Lipinski definition) is 0. The van der Waals surface area contributed by atoms with Crippen molar-refractivity contribution in [3.8, 4) is 5.75 Å². The topological polar surface area (TPSA) is 22.1 Å². The molecular formula is C16H11ClFNO. The number of hydrogen-bond acceptors (Lipinski definition) is 2. The summed E-state index contributed by atoms with van der Waals surface area (Å²) in [4.78, 5) is 4.24. The number of nitrogens with zero attached hydrogens (tertiary/aromatic N) is 1. The van der Waals surface area contributed by atoms with Crippen LogP contribution in [-0.2, 0) is 6.61 Å². The minimum absolute atomic E-state index is 0.252. The Morgan fingerprint density at radius 2 is 1.80 bits per heavy atom. The third kappa shape index (κ3) is 2.73. The number of halogens is 2. The lowest BCUT2D eigenvalue weighted by Gasteiger charge is -2.09. The highest BCUT2D eigenvalue weighted by molar-refractivity contribution is 6.29. The van der Waals surface area contributed by atoms with Crippen LogP contribution in [0.3, 0.4) is 0 Å². The van der Waals surface area contributed by atoms with Crippen LogP contribution in [0.4, 0.5) is 4.39 Å². The maximum atomic E-state index is 12.8. The van der Waals surface area contributed by atoms with Crippen LogP contribution in [0.15, 0.2) is 54.6 Å². The average Bonchev–Trinajstić information content (AvgIpc) is 2.46. The maximum absolute atomic E-state index is 12.8. The first-order valence-corrected chi connectivity index (χ1v) is 6.53. The predicted molar refractivity (Wildman–Crippen MR) is 77.5 cm³/mol. The van der Waals surface area contributed by atoms with E-state index in [4.69, 9.17) is 16.3 Å². The zero-order valence-corrected chi connectivity index (χ0v) is 11.3. The summed E-state index contributed by atoms with van der Waals surface area (Å²) >= 11 is 5.87. The first kappa shape index (κ1) is 12.9. The zero-order chi connectivity index (χ0) is 13.9. The second-order valence-corrected chi connectivity index (χ2v) is 4.76. The normalized spacial score (nSPS) is 10.7. The van der Waals surface area contributed by atoms with Crippen molar-refractivity contribution in [1.29, 1.82) is 0 Å². The summed E-state index contributed by atoms with van der Waals surface area (Å²) in [6.45, 7) is 0.377. The quantitative estimate of drug-likeness (QED) is 0.657. The monoisotopic (exact) mass is 287 g/mol. The van der Waals surface area contributed by atoms with E-state index < -0.39 is 0 Å². The van der Waals surface area contributed by atoms with Crippen LogP contribution in [0.5, 0.6) is 5.75 Å². The Morgan fingerprint density at radius 3 is 2.60 bits per heavy atom. The average molecular weight is 288 g/mol. The third-order valence-corrected chi connectivity index (χ3v) is 3.18. The fourth-order valence-electron chi connectivity index (χ4n) is 1.97. The van der Waals surface area contributed by atoms with E-state index in [0.717, 1.165) is 22.2 Å². The van der Waals surface area contributed by atoms with Crippen molar-refractivity contribution >= 4 is 22.5 Å². The van der Waals surface area contributed by atoms with E-state index in [9.17, 15) is 4.39 Å². The number of fused-ring (bicyclic) bond motifs is 1. The van der Waals surface area contributed by atoms with Gasteiger partial charge in [-0.1, -0.05) is 29.8 Å². The summed E-state index contributed by atoms with van der Waals surface area (Å²) in [7, 11) is 0. The number of ether oxygens (including phenoxy) is 1. The summed E-state index contributed by atoms with van der Waals surface area (Å²) in [6, 6.07) is 15.5. The molecule has 0 atom stereocenters. The van der Waals surface area contributed by atoms with Gasteiger partial charge in [-0.25, -0.2) is 9.37 Å². The van der Waals surface area contributed by atoms with Crippen molar-refractivity contribution in [2.24, 2.45) is 0 Å². The second-order valence-electron chi connectivity index (χ2n) is 4.37. The molecule has 4 heteroatoms. The van der Waals surface area contributed by atoms with Gasteiger partial charge in [0, 0.05) is 5.39 Å². The predicted octanol–water partition coefficient (Wildman–Crippen LogP) is 4.61. The number of rotatable bonds is 3. The standard InChI is InChI=1S/C16H11ClFNO/c17-16-9-8-13-14(19-16)2-1-3-15(13)20-10-11-4-6-12(18)7-5-11/h1-9H,10H2. The van der Waals surface area contributed by atoms with Gasteiger partial charge in [0.25, 0.3) is 0 Å². The summed E-state index contributed by atoms with van der Waals surface area (Å²) in [5.41, 5.74) is 1.69. The molecule has 0 N–H and O–H groups in total. The molecule has 0 spiro atoms. The van der Waals surface area contributed by atoms with Crippen LogP contribution in [0.25, 0.3) is 10.9 Å². The lowest BCUT2D eigenvalue weighted by Crippen LogP contribution is -1.96. The molecule has 2 aromatic carbocycles. The molecule has 20 heavy (non-hydrogen) atoms. The van der Waals surface area contributed by atoms with E-state index in [-0.39, 0.29) is 5.82 Å². The molecule has 0 amide bonds. The Bertz CT molecular complexity index is 743. The van der Waals surface area contributed by atoms with Gasteiger partial charge in [-0.3, -0.25) is 0 Å². The fourth-order valence-corrected chi connectivity index (χ4v) is 2.12. The van der Waals surface area contributed by atoms with Crippen LogP contribution in [0, 0.1) is 5.82 Å². The Morgan fingerprint density at radius 1 is 1.00 bits per heavy atom. The fraction of sp³-hybridized carbons (Fsp3) is 0.0625. The summed E-state index contributed by atoms with van der Waals surface area (Å²) in [5, 5.41) is 1.35. The maximum Gasteiger partial charge on any atom is 0.129 e. The SMILES string of the molecule is Fc1ccc(COc2cccc3nc(Cl)ccc23)cc1. The molecule has 1 aromatic heterocycles. The molecule has 2 nitrogen and oxygen atoms in total. The summed E-state index contributed by atoms with van der Waals surface area (Å²) in [6.07, 6.45) is 0. The van der Waals surface area contributed by atoms with E-state index in [0.29, 0.717) is 11.8 Å².